The van der Waals surface area contributed by atoms with Gasteiger partial charge in [0.25, 0.3) is 0 Å². The molecule has 5 nitrogen and oxygen atoms in total. The first kappa shape index (κ1) is 17.2. The third-order valence-corrected chi connectivity index (χ3v) is 5.68. The van der Waals surface area contributed by atoms with Gasteiger partial charge in [0.1, 0.15) is 0 Å². The van der Waals surface area contributed by atoms with E-state index < -0.39 is 0 Å². The lowest BCUT2D eigenvalue weighted by atomic mass is 10.1. The number of unbranched alkanes of at least 4 members (excludes halogenated alkanes) is 1. The first-order chi connectivity index (χ1) is 11.7. The van der Waals surface area contributed by atoms with Crippen LogP contribution in [0.5, 0.6) is 0 Å². The molecule has 0 bridgehead atoms. The first-order valence-electron chi connectivity index (χ1n) is 8.34. The Balaban J connectivity index is 1.42. The van der Waals surface area contributed by atoms with Crippen molar-refractivity contribution in [1.82, 2.24) is 10.2 Å². The fourth-order valence-electron chi connectivity index (χ4n) is 2.19. The van der Waals surface area contributed by atoms with Gasteiger partial charge in [0.15, 0.2) is 4.34 Å². The zero-order valence-electron chi connectivity index (χ0n) is 13.7. The number of thioether (sulfide) groups is 1. The molecule has 1 saturated carbocycles. The zero-order valence-corrected chi connectivity index (χ0v) is 15.4. The van der Waals surface area contributed by atoms with Crippen molar-refractivity contribution in [3.05, 3.63) is 29.8 Å². The molecular weight excluding hydrogens is 340 g/mol. The second kappa shape index (κ2) is 8.48. The number of hydrogen-bond acceptors (Lipinski definition) is 6. The molecule has 24 heavy (non-hydrogen) atoms. The number of anilines is 2. The highest BCUT2D eigenvalue weighted by molar-refractivity contribution is 8.01. The van der Waals surface area contributed by atoms with Crippen LogP contribution in [0.15, 0.2) is 28.6 Å². The maximum atomic E-state index is 12.0. The maximum Gasteiger partial charge on any atom is 0.234 e. The van der Waals surface area contributed by atoms with Gasteiger partial charge in [0, 0.05) is 11.7 Å². The average molecular weight is 363 g/mol. The smallest absolute Gasteiger partial charge is 0.234 e. The average Bonchev–Trinajstić information content (AvgIpc) is 3.29. The van der Waals surface area contributed by atoms with Crippen molar-refractivity contribution in [2.24, 2.45) is 0 Å². The van der Waals surface area contributed by atoms with Crippen LogP contribution < -0.4 is 10.6 Å². The highest BCUT2D eigenvalue weighted by Crippen LogP contribution is 2.30. The van der Waals surface area contributed by atoms with Crippen molar-refractivity contribution in [2.45, 2.75) is 49.4 Å². The quantitative estimate of drug-likeness (QED) is 0.655. The summed E-state index contributed by atoms with van der Waals surface area (Å²) in [5.74, 6) is 0.323. The van der Waals surface area contributed by atoms with Gasteiger partial charge in [-0.3, -0.25) is 4.79 Å². The Morgan fingerprint density at radius 2 is 2.08 bits per heavy atom. The molecule has 0 saturated heterocycles. The molecular formula is C17H22N4OS2. The molecule has 7 heteroatoms. The number of amides is 1. The Hall–Kier alpha value is -1.60. The number of nitrogens with one attached hydrogen (secondary N) is 2. The number of carbonyl (C=O) groups is 1. The van der Waals surface area contributed by atoms with Gasteiger partial charge in [-0.2, -0.15) is 0 Å². The number of rotatable bonds is 9. The van der Waals surface area contributed by atoms with Crippen LogP contribution in [0.25, 0.3) is 0 Å². The van der Waals surface area contributed by atoms with Gasteiger partial charge in [0.2, 0.25) is 11.0 Å². The maximum absolute atomic E-state index is 12.0. The molecule has 2 N–H and O–H groups in total. The molecule has 1 aromatic heterocycles. The lowest BCUT2D eigenvalue weighted by Crippen LogP contribution is -2.13. The summed E-state index contributed by atoms with van der Waals surface area (Å²) in [5, 5.41) is 15.3. The molecule has 1 fully saturated rings. The minimum Gasteiger partial charge on any atom is -0.357 e. The third kappa shape index (κ3) is 5.49. The second-order valence-electron chi connectivity index (χ2n) is 5.93. The van der Waals surface area contributed by atoms with E-state index in [1.807, 2.05) is 12.1 Å². The van der Waals surface area contributed by atoms with Crippen molar-refractivity contribution < 1.29 is 4.79 Å². The molecule has 0 atom stereocenters. The van der Waals surface area contributed by atoms with Crippen LogP contribution >= 0.6 is 23.1 Å². The summed E-state index contributed by atoms with van der Waals surface area (Å²) in [4.78, 5) is 12.0. The van der Waals surface area contributed by atoms with Crippen LogP contribution in [0.2, 0.25) is 0 Å². The van der Waals surface area contributed by atoms with Gasteiger partial charge >= 0.3 is 0 Å². The van der Waals surface area contributed by atoms with Gasteiger partial charge in [-0.1, -0.05) is 48.6 Å². The predicted octanol–water partition coefficient (Wildman–Crippen LogP) is 4.19. The molecule has 0 aliphatic heterocycles. The van der Waals surface area contributed by atoms with E-state index in [4.69, 9.17) is 0 Å². The Kier molecular flexibility index (Phi) is 6.09. The lowest BCUT2D eigenvalue weighted by Gasteiger charge is -2.05. The van der Waals surface area contributed by atoms with E-state index in [0.29, 0.717) is 11.8 Å². The van der Waals surface area contributed by atoms with E-state index in [2.05, 4.69) is 39.9 Å². The van der Waals surface area contributed by atoms with Crippen molar-refractivity contribution in [1.29, 1.82) is 0 Å². The minimum absolute atomic E-state index is 0.0202. The van der Waals surface area contributed by atoms with Crippen LogP contribution in [0.4, 0.5) is 10.8 Å². The van der Waals surface area contributed by atoms with E-state index >= 15 is 0 Å². The van der Waals surface area contributed by atoms with Crippen LogP contribution in [-0.4, -0.2) is 27.9 Å². The predicted molar refractivity (Wildman–Crippen MR) is 101 cm³/mol. The van der Waals surface area contributed by atoms with Crippen LogP contribution in [0, 0.1) is 0 Å². The third-order valence-electron chi connectivity index (χ3n) is 3.69. The molecule has 1 amide bonds. The van der Waals surface area contributed by atoms with E-state index in [1.165, 1.54) is 54.3 Å². The summed E-state index contributed by atoms with van der Waals surface area (Å²) < 4.78 is 0.822. The minimum atomic E-state index is -0.0202. The molecule has 128 valence electrons. The normalized spacial score (nSPS) is 13.7. The molecule has 1 aromatic carbocycles. The standard InChI is InChI=1S/C17H22N4OS2/c1-2-3-4-12-5-7-13(8-6-12)18-15(22)11-23-17-21-20-16(24-17)19-14-9-10-14/h5-8,14H,2-4,9-11H2,1H3,(H,18,22)(H,19,20). The summed E-state index contributed by atoms with van der Waals surface area (Å²) >= 11 is 2.93. The number of aryl methyl sites for hydroxylation is 1. The highest BCUT2D eigenvalue weighted by atomic mass is 32.2. The van der Waals surface area contributed by atoms with E-state index in [-0.39, 0.29) is 5.91 Å². The molecule has 0 unspecified atom stereocenters. The van der Waals surface area contributed by atoms with E-state index in [0.717, 1.165) is 21.6 Å². The summed E-state index contributed by atoms with van der Waals surface area (Å²) in [6, 6.07) is 8.67. The van der Waals surface area contributed by atoms with Crippen LogP contribution in [-0.2, 0) is 11.2 Å². The highest BCUT2D eigenvalue weighted by Gasteiger charge is 2.22. The van der Waals surface area contributed by atoms with Crippen LogP contribution in [0.3, 0.4) is 0 Å². The topological polar surface area (TPSA) is 66.9 Å². The zero-order chi connectivity index (χ0) is 16.8. The molecule has 1 heterocycles. The Morgan fingerprint density at radius 3 is 2.79 bits per heavy atom. The molecule has 1 aliphatic carbocycles. The van der Waals surface area contributed by atoms with Gasteiger partial charge < -0.3 is 10.6 Å². The number of nitrogens with zero attached hydrogens (tertiary/aromatic N) is 2. The summed E-state index contributed by atoms with van der Waals surface area (Å²) in [5.41, 5.74) is 2.16. The fraction of sp³-hybridized carbons (Fsp3) is 0.471. The Labute approximate surface area is 150 Å². The van der Waals surface area contributed by atoms with E-state index in [1.54, 1.807) is 0 Å². The molecule has 0 spiro atoms. The van der Waals surface area contributed by atoms with Gasteiger partial charge in [0.05, 0.1) is 5.75 Å². The first-order valence-corrected chi connectivity index (χ1v) is 10.1. The summed E-state index contributed by atoms with van der Waals surface area (Å²) in [6.45, 7) is 2.19. The molecule has 3 rings (SSSR count). The van der Waals surface area contributed by atoms with Gasteiger partial charge in [-0.15, -0.1) is 10.2 Å². The van der Waals surface area contributed by atoms with Crippen molar-refractivity contribution in [3.8, 4) is 0 Å². The number of benzene rings is 1. The van der Waals surface area contributed by atoms with Crippen LogP contribution in [0.1, 0.15) is 38.2 Å². The van der Waals surface area contributed by atoms with Crippen molar-refractivity contribution in [2.75, 3.05) is 16.4 Å². The number of carbonyl (C=O) groups excluding carboxylic acids is 1. The van der Waals surface area contributed by atoms with E-state index in [9.17, 15) is 4.79 Å². The van der Waals surface area contributed by atoms with Crippen molar-refractivity contribution >= 4 is 39.8 Å². The van der Waals surface area contributed by atoms with Gasteiger partial charge in [-0.25, -0.2) is 0 Å². The molecule has 1 aliphatic rings. The number of aromatic nitrogens is 2. The largest absolute Gasteiger partial charge is 0.357 e. The SMILES string of the molecule is CCCCc1ccc(NC(=O)CSc2nnc(NC3CC3)s2)cc1. The molecule has 0 radical (unpaired) electrons. The Morgan fingerprint density at radius 1 is 1.29 bits per heavy atom. The summed E-state index contributed by atoms with van der Waals surface area (Å²) in [7, 11) is 0. The Bertz CT molecular complexity index is 667. The summed E-state index contributed by atoms with van der Waals surface area (Å²) in [6.07, 6.45) is 5.90. The van der Waals surface area contributed by atoms with Crippen molar-refractivity contribution in [3.63, 3.8) is 0 Å². The number of hydrogen-bond donors (Lipinski definition) is 2. The van der Waals surface area contributed by atoms with Gasteiger partial charge in [-0.05, 0) is 43.4 Å². The fourth-order valence-corrected chi connectivity index (χ4v) is 3.82. The molecule has 2 aromatic rings. The second-order valence-corrected chi connectivity index (χ2v) is 8.13. The lowest BCUT2D eigenvalue weighted by molar-refractivity contribution is -0.113. The monoisotopic (exact) mass is 362 g/mol.